The van der Waals surface area contributed by atoms with Crippen LogP contribution in [0.1, 0.15) is 43.1 Å². The molecule has 7 heteroatoms. The van der Waals surface area contributed by atoms with E-state index in [1.54, 1.807) is 5.38 Å². The number of piperidine rings is 2. The van der Waals surface area contributed by atoms with E-state index in [9.17, 15) is 9.59 Å². The van der Waals surface area contributed by atoms with Gasteiger partial charge in [-0.1, -0.05) is 4.49 Å². The maximum Gasteiger partial charge on any atom is 0.275 e. The number of rotatable bonds is 2. The third-order valence-corrected chi connectivity index (χ3v) is 5.32. The smallest absolute Gasteiger partial charge is 0.275 e. The lowest BCUT2D eigenvalue weighted by Crippen LogP contribution is -2.52. The first-order chi connectivity index (χ1) is 10.1. The second-order valence-electron chi connectivity index (χ2n) is 5.99. The zero-order valence-electron chi connectivity index (χ0n) is 12.2. The summed E-state index contributed by atoms with van der Waals surface area (Å²) >= 11 is 1.20. The van der Waals surface area contributed by atoms with Crippen LogP contribution in [0.2, 0.25) is 0 Å². The zero-order valence-corrected chi connectivity index (χ0v) is 13.1. The van der Waals surface area contributed by atoms with E-state index in [1.165, 1.54) is 11.5 Å². The molecule has 1 spiro atoms. The number of aromatic nitrogens is 2. The predicted molar refractivity (Wildman–Crippen MR) is 79.0 cm³/mol. The minimum Gasteiger partial charge on any atom is -0.342 e. The summed E-state index contributed by atoms with van der Waals surface area (Å²) in [5.74, 6) is 0.257. The molecule has 2 saturated heterocycles. The zero-order chi connectivity index (χ0) is 14.9. The minimum atomic E-state index is -0.0159. The van der Waals surface area contributed by atoms with Crippen molar-refractivity contribution in [3.05, 3.63) is 11.1 Å². The van der Waals surface area contributed by atoms with E-state index in [1.807, 2.05) is 16.7 Å². The molecule has 0 saturated carbocycles. The topological polar surface area (TPSA) is 66.4 Å². The molecule has 0 radical (unpaired) electrons. The van der Waals surface area contributed by atoms with Crippen molar-refractivity contribution in [2.75, 3.05) is 26.2 Å². The van der Waals surface area contributed by atoms with Crippen molar-refractivity contribution in [2.45, 2.75) is 32.6 Å². The van der Waals surface area contributed by atoms with Crippen molar-refractivity contribution in [3.8, 4) is 0 Å². The lowest BCUT2D eigenvalue weighted by atomic mass is 9.72. The van der Waals surface area contributed by atoms with Crippen LogP contribution in [0.5, 0.6) is 0 Å². The van der Waals surface area contributed by atoms with Crippen LogP contribution in [0.25, 0.3) is 0 Å². The molecule has 6 nitrogen and oxygen atoms in total. The number of likely N-dealkylation sites (tertiary alicyclic amines) is 2. The van der Waals surface area contributed by atoms with Gasteiger partial charge in [0.2, 0.25) is 5.91 Å². The second-order valence-corrected chi connectivity index (χ2v) is 6.60. The maximum atomic E-state index is 12.3. The number of hydrogen-bond donors (Lipinski definition) is 0. The Morgan fingerprint density at radius 2 is 2.14 bits per heavy atom. The minimum absolute atomic E-state index is 0.0159. The summed E-state index contributed by atoms with van der Waals surface area (Å²) in [6.45, 7) is 5.17. The predicted octanol–water partition coefficient (Wildman–Crippen LogP) is 1.40. The van der Waals surface area contributed by atoms with Crippen LogP contribution in [-0.2, 0) is 4.79 Å². The van der Waals surface area contributed by atoms with Gasteiger partial charge in [-0.2, -0.15) is 0 Å². The van der Waals surface area contributed by atoms with E-state index < -0.39 is 0 Å². The molecule has 1 aromatic rings. The fourth-order valence-electron chi connectivity index (χ4n) is 3.40. The third-order valence-electron chi connectivity index (χ3n) is 4.82. The van der Waals surface area contributed by atoms with Gasteiger partial charge in [0.05, 0.1) is 0 Å². The number of hydrogen-bond acceptors (Lipinski definition) is 5. The van der Waals surface area contributed by atoms with Crippen LogP contribution < -0.4 is 0 Å². The second kappa shape index (κ2) is 5.71. The quantitative estimate of drug-likeness (QED) is 0.828. The first kappa shape index (κ1) is 14.4. The van der Waals surface area contributed by atoms with Gasteiger partial charge in [-0.3, -0.25) is 9.59 Å². The largest absolute Gasteiger partial charge is 0.342 e. The highest BCUT2D eigenvalue weighted by Crippen LogP contribution is 2.40. The van der Waals surface area contributed by atoms with Crippen LogP contribution in [0.4, 0.5) is 0 Å². The lowest BCUT2D eigenvalue weighted by molar-refractivity contribution is -0.138. The first-order valence-corrected chi connectivity index (χ1v) is 8.31. The molecule has 3 rings (SSSR count). The highest BCUT2D eigenvalue weighted by Gasteiger charge is 2.41. The van der Waals surface area contributed by atoms with E-state index in [0.29, 0.717) is 12.1 Å². The van der Waals surface area contributed by atoms with Crippen LogP contribution in [0.3, 0.4) is 0 Å². The Kier molecular flexibility index (Phi) is 3.93. The van der Waals surface area contributed by atoms with Crippen LogP contribution in [-0.4, -0.2) is 57.4 Å². The summed E-state index contributed by atoms with van der Waals surface area (Å²) in [5, 5.41) is 5.55. The Labute approximate surface area is 128 Å². The van der Waals surface area contributed by atoms with Crippen LogP contribution >= 0.6 is 11.5 Å². The molecule has 0 unspecified atom stereocenters. The van der Waals surface area contributed by atoms with E-state index >= 15 is 0 Å². The number of carbonyl (C=O) groups excluding carboxylic acids is 2. The van der Waals surface area contributed by atoms with E-state index in [0.717, 1.165) is 45.4 Å². The SMILES string of the molecule is CCN1CC2(CCC1=O)CCN(C(=O)c1csnn1)CC2. The summed E-state index contributed by atoms with van der Waals surface area (Å²) in [6, 6.07) is 0. The average Bonchev–Trinajstić information content (AvgIpc) is 3.04. The molecule has 3 heterocycles. The highest BCUT2D eigenvalue weighted by molar-refractivity contribution is 7.03. The Morgan fingerprint density at radius 1 is 1.38 bits per heavy atom. The fraction of sp³-hybridized carbons (Fsp3) is 0.714. The third kappa shape index (κ3) is 2.79. The van der Waals surface area contributed by atoms with Crippen molar-refractivity contribution in [3.63, 3.8) is 0 Å². The monoisotopic (exact) mass is 308 g/mol. The molecule has 0 N–H and O–H groups in total. The van der Waals surface area contributed by atoms with Gasteiger partial charge in [-0.25, -0.2) is 0 Å². The Balaban J connectivity index is 1.62. The van der Waals surface area contributed by atoms with Crippen LogP contribution in [0.15, 0.2) is 5.38 Å². The van der Waals surface area contributed by atoms with Crippen molar-refractivity contribution >= 4 is 23.3 Å². The average molecular weight is 308 g/mol. The number of nitrogens with zero attached hydrogens (tertiary/aromatic N) is 4. The van der Waals surface area contributed by atoms with Gasteiger partial charge in [0.1, 0.15) is 0 Å². The molecular formula is C14H20N4O2S. The summed E-state index contributed by atoms with van der Waals surface area (Å²) < 4.78 is 3.75. The normalized spacial score (nSPS) is 21.9. The molecular weight excluding hydrogens is 288 g/mol. The standard InChI is InChI=1S/C14H20N4O2S/c1-2-17-10-14(4-3-12(17)19)5-7-18(8-6-14)13(20)11-9-21-16-15-11/h9H,2-8,10H2,1H3. The van der Waals surface area contributed by atoms with Crippen molar-refractivity contribution in [1.29, 1.82) is 0 Å². The first-order valence-electron chi connectivity index (χ1n) is 7.48. The van der Waals surface area contributed by atoms with E-state index in [-0.39, 0.29) is 17.2 Å². The van der Waals surface area contributed by atoms with Gasteiger partial charge >= 0.3 is 0 Å². The van der Waals surface area contributed by atoms with Crippen LogP contribution in [0, 0.1) is 5.41 Å². The molecule has 2 fully saturated rings. The Morgan fingerprint density at radius 3 is 2.76 bits per heavy atom. The molecule has 114 valence electrons. The van der Waals surface area contributed by atoms with E-state index in [2.05, 4.69) is 9.59 Å². The van der Waals surface area contributed by atoms with Crippen molar-refractivity contribution < 1.29 is 9.59 Å². The van der Waals surface area contributed by atoms with Crippen molar-refractivity contribution in [2.24, 2.45) is 5.41 Å². The Hall–Kier alpha value is -1.50. The maximum absolute atomic E-state index is 12.3. The fourth-order valence-corrected chi connectivity index (χ4v) is 3.83. The van der Waals surface area contributed by atoms with Crippen molar-refractivity contribution in [1.82, 2.24) is 19.4 Å². The molecule has 2 aliphatic heterocycles. The summed E-state index contributed by atoms with van der Waals surface area (Å²) in [7, 11) is 0. The van der Waals surface area contributed by atoms with Gasteiger partial charge in [-0.05, 0) is 43.1 Å². The molecule has 0 atom stereocenters. The molecule has 0 aliphatic carbocycles. The highest BCUT2D eigenvalue weighted by atomic mass is 32.1. The van der Waals surface area contributed by atoms with Gasteiger partial charge in [0, 0.05) is 38.0 Å². The molecule has 2 aliphatic rings. The molecule has 0 aromatic carbocycles. The van der Waals surface area contributed by atoms with Gasteiger partial charge in [0.15, 0.2) is 5.69 Å². The summed E-state index contributed by atoms with van der Waals surface area (Å²) in [5.41, 5.74) is 0.658. The molecule has 2 amide bonds. The van der Waals surface area contributed by atoms with Gasteiger partial charge < -0.3 is 9.80 Å². The van der Waals surface area contributed by atoms with Gasteiger partial charge in [-0.15, -0.1) is 5.10 Å². The van der Waals surface area contributed by atoms with Gasteiger partial charge in [0.25, 0.3) is 5.91 Å². The number of amides is 2. The molecule has 21 heavy (non-hydrogen) atoms. The summed E-state index contributed by atoms with van der Waals surface area (Å²) in [6.07, 6.45) is 3.56. The number of carbonyl (C=O) groups is 2. The van der Waals surface area contributed by atoms with E-state index in [4.69, 9.17) is 0 Å². The molecule has 1 aromatic heterocycles. The lowest BCUT2D eigenvalue weighted by Gasteiger charge is -2.47. The summed E-state index contributed by atoms with van der Waals surface area (Å²) in [4.78, 5) is 27.9. The molecule has 0 bridgehead atoms. The Bertz CT molecular complexity index is 523.